The van der Waals surface area contributed by atoms with Gasteiger partial charge in [-0.05, 0) is 55.4 Å². The first kappa shape index (κ1) is 11.0. The Labute approximate surface area is 99.1 Å². The number of nitrogens with zero attached hydrogens (tertiary/aromatic N) is 2. The molecule has 0 amide bonds. The fourth-order valence-electron chi connectivity index (χ4n) is 1.44. The molecule has 0 radical (unpaired) electrons. The molecule has 0 fully saturated rings. The van der Waals surface area contributed by atoms with Crippen molar-refractivity contribution in [2.24, 2.45) is 0 Å². The number of nitrogens with two attached hydrogens (primary N) is 1. The molecule has 0 aliphatic heterocycles. The van der Waals surface area contributed by atoms with Gasteiger partial charge in [0.25, 0.3) is 0 Å². The van der Waals surface area contributed by atoms with E-state index in [1.54, 1.807) is 6.20 Å². The fourth-order valence-corrected chi connectivity index (χ4v) is 2.38. The van der Waals surface area contributed by atoms with E-state index >= 15 is 0 Å². The molecule has 0 spiro atoms. The van der Waals surface area contributed by atoms with Gasteiger partial charge in [-0.3, -0.25) is 0 Å². The van der Waals surface area contributed by atoms with Crippen molar-refractivity contribution in [2.45, 2.75) is 23.9 Å². The summed E-state index contributed by atoms with van der Waals surface area (Å²) in [4.78, 5) is 8.67. The molecule has 2 rings (SSSR count). The van der Waals surface area contributed by atoms with Crippen LogP contribution in [0.4, 0.5) is 5.69 Å². The Morgan fingerprint density at radius 2 is 2.06 bits per heavy atom. The van der Waals surface area contributed by atoms with Crippen molar-refractivity contribution in [3.63, 3.8) is 0 Å². The van der Waals surface area contributed by atoms with Gasteiger partial charge >= 0.3 is 0 Å². The highest BCUT2D eigenvalue weighted by atomic mass is 32.2. The lowest BCUT2D eigenvalue weighted by Gasteiger charge is -2.05. The number of nitrogen functional groups attached to an aromatic ring is 1. The summed E-state index contributed by atoms with van der Waals surface area (Å²) in [5.41, 5.74) is 8.73. The van der Waals surface area contributed by atoms with Gasteiger partial charge in [-0.15, -0.1) is 0 Å². The van der Waals surface area contributed by atoms with Gasteiger partial charge in [0.05, 0.1) is 5.69 Å². The Morgan fingerprint density at radius 1 is 1.25 bits per heavy atom. The molecule has 82 valence electrons. The molecule has 0 saturated heterocycles. The zero-order chi connectivity index (χ0) is 11.5. The van der Waals surface area contributed by atoms with Crippen LogP contribution < -0.4 is 5.73 Å². The highest BCUT2D eigenvalue weighted by Crippen LogP contribution is 2.28. The third-order valence-electron chi connectivity index (χ3n) is 2.08. The van der Waals surface area contributed by atoms with Crippen LogP contribution in [0.1, 0.15) is 11.3 Å². The minimum absolute atomic E-state index is 0.688. The van der Waals surface area contributed by atoms with Crippen LogP contribution >= 0.6 is 11.8 Å². The number of hydrogen-bond donors (Lipinski definition) is 1. The number of aromatic nitrogens is 2. The van der Waals surface area contributed by atoms with Gasteiger partial charge in [0.1, 0.15) is 10.1 Å². The molecule has 2 aromatic heterocycles. The van der Waals surface area contributed by atoms with Crippen molar-refractivity contribution >= 4 is 17.4 Å². The number of anilines is 1. The van der Waals surface area contributed by atoms with Crippen molar-refractivity contribution in [3.8, 4) is 0 Å². The smallest absolute Gasteiger partial charge is 0.125 e. The lowest BCUT2D eigenvalue weighted by atomic mass is 10.3. The first-order chi connectivity index (χ1) is 7.65. The Kier molecular flexibility index (Phi) is 3.10. The Morgan fingerprint density at radius 3 is 2.75 bits per heavy atom. The van der Waals surface area contributed by atoms with Crippen LogP contribution in [-0.2, 0) is 0 Å². The average Bonchev–Trinajstić information content (AvgIpc) is 2.20. The highest BCUT2D eigenvalue weighted by molar-refractivity contribution is 7.99. The Balaban J connectivity index is 2.30. The zero-order valence-electron chi connectivity index (χ0n) is 9.27. The van der Waals surface area contributed by atoms with E-state index in [4.69, 9.17) is 5.73 Å². The predicted molar refractivity (Wildman–Crippen MR) is 66.5 cm³/mol. The van der Waals surface area contributed by atoms with Crippen molar-refractivity contribution in [2.75, 3.05) is 5.73 Å². The normalized spacial score (nSPS) is 10.4. The van der Waals surface area contributed by atoms with Crippen LogP contribution in [0.3, 0.4) is 0 Å². The van der Waals surface area contributed by atoms with Crippen molar-refractivity contribution < 1.29 is 0 Å². The van der Waals surface area contributed by atoms with Crippen molar-refractivity contribution in [3.05, 3.63) is 41.7 Å². The van der Waals surface area contributed by atoms with Crippen LogP contribution in [-0.4, -0.2) is 9.97 Å². The standard InChI is InChI=1S/C12H13N3S/c1-8-6-9(2)15-11(7-8)16-12-10(13)4-3-5-14-12/h3-7H,13H2,1-2H3. The van der Waals surface area contributed by atoms with Gasteiger partial charge in [0, 0.05) is 11.9 Å². The lowest BCUT2D eigenvalue weighted by molar-refractivity contribution is 1.04. The minimum Gasteiger partial charge on any atom is -0.397 e. The summed E-state index contributed by atoms with van der Waals surface area (Å²) in [6.07, 6.45) is 1.74. The van der Waals surface area contributed by atoms with E-state index in [9.17, 15) is 0 Å². The van der Waals surface area contributed by atoms with Gasteiger partial charge in [-0.1, -0.05) is 0 Å². The number of rotatable bonds is 2. The molecule has 3 nitrogen and oxygen atoms in total. The van der Waals surface area contributed by atoms with E-state index in [-0.39, 0.29) is 0 Å². The molecule has 2 aromatic rings. The van der Waals surface area contributed by atoms with E-state index in [1.807, 2.05) is 31.2 Å². The van der Waals surface area contributed by atoms with Gasteiger partial charge < -0.3 is 5.73 Å². The summed E-state index contributed by atoms with van der Waals surface area (Å²) in [6.45, 7) is 4.04. The quantitative estimate of drug-likeness (QED) is 0.863. The molecule has 0 bridgehead atoms. The predicted octanol–water partition coefficient (Wildman–Crippen LogP) is 2.83. The van der Waals surface area contributed by atoms with E-state index in [2.05, 4.69) is 16.9 Å². The monoisotopic (exact) mass is 231 g/mol. The summed E-state index contributed by atoms with van der Waals surface area (Å²) in [5.74, 6) is 0. The molecule has 0 aromatic carbocycles. The highest BCUT2D eigenvalue weighted by Gasteiger charge is 2.04. The topological polar surface area (TPSA) is 51.8 Å². The SMILES string of the molecule is Cc1cc(C)nc(Sc2ncccc2N)c1. The van der Waals surface area contributed by atoms with E-state index in [0.29, 0.717) is 5.69 Å². The summed E-state index contributed by atoms with van der Waals surface area (Å²) in [5, 5.41) is 1.74. The molecule has 0 aliphatic rings. The third-order valence-corrected chi connectivity index (χ3v) is 3.03. The second kappa shape index (κ2) is 4.53. The summed E-state index contributed by atoms with van der Waals surface area (Å²) >= 11 is 1.50. The maximum Gasteiger partial charge on any atom is 0.125 e. The van der Waals surface area contributed by atoms with E-state index < -0.39 is 0 Å². The minimum atomic E-state index is 0.688. The molecular formula is C12H13N3S. The van der Waals surface area contributed by atoms with Crippen LogP contribution in [0.15, 0.2) is 40.5 Å². The van der Waals surface area contributed by atoms with Gasteiger partial charge in [-0.2, -0.15) is 0 Å². The number of pyridine rings is 2. The van der Waals surface area contributed by atoms with E-state index in [1.165, 1.54) is 17.3 Å². The molecule has 0 aliphatic carbocycles. The van der Waals surface area contributed by atoms with Gasteiger partial charge in [0.15, 0.2) is 0 Å². The number of aryl methyl sites for hydroxylation is 2. The fraction of sp³-hybridized carbons (Fsp3) is 0.167. The first-order valence-electron chi connectivity index (χ1n) is 4.99. The maximum absolute atomic E-state index is 5.83. The third kappa shape index (κ3) is 2.52. The molecule has 2 N–H and O–H groups in total. The van der Waals surface area contributed by atoms with E-state index in [0.717, 1.165) is 15.7 Å². The summed E-state index contributed by atoms with van der Waals surface area (Å²) in [6, 6.07) is 7.75. The molecule has 0 unspecified atom stereocenters. The van der Waals surface area contributed by atoms with Gasteiger partial charge in [0.2, 0.25) is 0 Å². The second-order valence-electron chi connectivity index (χ2n) is 3.62. The molecule has 2 heterocycles. The lowest BCUT2D eigenvalue weighted by Crippen LogP contribution is -1.92. The van der Waals surface area contributed by atoms with Crippen LogP contribution in [0.2, 0.25) is 0 Å². The van der Waals surface area contributed by atoms with Crippen LogP contribution in [0.25, 0.3) is 0 Å². The average molecular weight is 231 g/mol. The number of hydrogen-bond acceptors (Lipinski definition) is 4. The maximum atomic E-state index is 5.83. The summed E-state index contributed by atoms with van der Waals surface area (Å²) in [7, 11) is 0. The van der Waals surface area contributed by atoms with Gasteiger partial charge in [-0.25, -0.2) is 9.97 Å². The Hall–Kier alpha value is -1.55. The Bertz CT molecular complexity index is 491. The first-order valence-corrected chi connectivity index (χ1v) is 5.80. The van der Waals surface area contributed by atoms with Crippen molar-refractivity contribution in [1.29, 1.82) is 0 Å². The largest absolute Gasteiger partial charge is 0.397 e. The van der Waals surface area contributed by atoms with Crippen molar-refractivity contribution in [1.82, 2.24) is 9.97 Å². The zero-order valence-corrected chi connectivity index (χ0v) is 10.1. The molecule has 16 heavy (non-hydrogen) atoms. The second-order valence-corrected chi connectivity index (χ2v) is 4.63. The molecular weight excluding hydrogens is 218 g/mol. The van der Waals surface area contributed by atoms with Crippen LogP contribution in [0.5, 0.6) is 0 Å². The molecule has 0 saturated carbocycles. The van der Waals surface area contributed by atoms with Crippen LogP contribution in [0, 0.1) is 13.8 Å². The summed E-state index contributed by atoms with van der Waals surface area (Å²) < 4.78 is 0. The molecule has 0 atom stereocenters. The molecule has 4 heteroatoms.